The fraction of sp³-hybridized carbons (Fsp3) is 0.240. The van der Waals surface area contributed by atoms with Crippen molar-refractivity contribution < 1.29 is 19.0 Å². The molecule has 5 heteroatoms. The van der Waals surface area contributed by atoms with Gasteiger partial charge in [-0.1, -0.05) is 66.7 Å². The van der Waals surface area contributed by atoms with Crippen molar-refractivity contribution in [1.82, 2.24) is 0 Å². The van der Waals surface area contributed by atoms with Crippen molar-refractivity contribution in [2.75, 3.05) is 13.2 Å². The largest absolute Gasteiger partial charge is 0.492 e. The summed E-state index contributed by atoms with van der Waals surface area (Å²) in [7, 11) is 0. The van der Waals surface area contributed by atoms with Crippen LogP contribution in [0.3, 0.4) is 0 Å². The molecule has 154 valence electrons. The number of ether oxygens (including phenoxy) is 3. The van der Waals surface area contributed by atoms with E-state index in [0.29, 0.717) is 30.1 Å². The van der Waals surface area contributed by atoms with Gasteiger partial charge in [-0.25, -0.2) is 4.79 Å². The van der Waals surface area contributed by atoms with Crippen molar-refractivity contribution in [3.05, 3.63) is 95.1 Å². The number of hydrogen-bond donors (Lipinski definition) is 1. The Labute approximate surface area is 176 Å². The second-order valence-electron chi connectivity index (χ2n) is 7.35. The van der Waals surface area contributed by atoms with Crippen LogP contribution in [0, 0.1) is 0 Å². The molecular formula is C25H25NO4. The van der Waals surface area contributed by atoms with Crippen molar-refractivity contribution in [3.63, 3.8) is 0 Å². The minimum atomic E-state index is -0.454. The van der Waals surface area contributed by atoms with E-state index in [-0.39, 0.29) is 19.3 Å². The van der Waals surface area contributed by atoms with Crippen molar-refractivity contribution >= 4 is 5.97 Å². The Hall–Kier alpha value is -3.31. The monoisotopic (exact) mass is 403 g/mol. The van der Waals surface area contributed by atoms with Gasteiger partial charge in [0.25, 0.3) is 0 Å². The maximum absolute atomic E-state index is 12.9. The van der Waals surface area contributed by atoms with E-state index >= 15 is 0 Å². The fourth-order valence-corrected chi connectivity index (χ4v) is 3.51. The van der Waals surface area contributed by atoms with Crippen LogP contribution in [0.5, 0.6) is 11.5 Å². The summed E-state index contributed by atoms with van der Waals surface area (Å²) in [4.78, 5) is 12.9. The van der Waals surface area contributed by atoms with Crippen LogP contribution in [0.1, 0.15) is 27.0 Å². The van der Waals surface area contributed by atoms with Crippen LogP contribution in [-0.4, -0.2) is 25.2 Å². The van der Waals surface area contributed by atoms with Crippen molar-refractivity contribution in [2.45, 2.75) is 25.5 Å². The minimum absolute atomic E-state index is 0.191. The number of benzene rings is 3. The van der Waals surface area contributed by atoms with Crippen LogP contribution in [-0.2, 0) is 24.2 Å². The molecule has 0 amide bonds. The Morgan fingerprint density at radius 3 is 2.40 bits per heavy atom. The average Bonchev–Trinajstić information content (AvgIpc) is 3.26. The number of fused-ring (bicyclic) bond motifs is 1. The molecule has 0 saturated heterocycles. The quantitative estimate of drug-likeness (QED) is 0.577. The second kappa shape index (κ2) is 9.46. The van der Waals surface area contributed by atoms with Gasteiger partial charge in [0, 0.05) is 12.5 Å². The number of rotatable bonds is 8. The van der Waals surface area contributed by atoms with Crippen LogP contribution in [0.4, 0.5) is 0 Å². The van der Waals surface area contributed by atoms with Gasteiger partial charge in [-0.3, -0.25) is 0 Å². The van der Waals surface area contributed by atoms with E-state index in [0.717, 1.165) is 23.1 Å². The highest BCUT2D eigenvalue weighted by molar-refractivity contribution is 5.96. The van der Waals surface area contributed by atoms with Gasteiger partial charge in [0.1, 0.15) is 30.3 Å². The first-order chi connectivity index (χ1) is 14.7. The van der Waals surface area contributed by atoms with Crippen LogP contribution >= 0.6 is 0 Å². The lowest BCUT2D eigenvalue weighted by molar-refractivity contribution is 0.0463. The third kappa shape index (κ3) is 4.81. The molecule has 1 aliphatic rings. The lowest BCUT2D eigenvalue weighted by Crippen LogP contribution is -2.30. The first-order valence-electron chi connectivity index (χ1n) is 10.1. The predicted molar refractivity (Wildman–Crippen MR) is 115 cm³/mol. The fourth-order valence-electron chi connectivity index (χ4n) is 3.51. The summed E-state index contributed by atoms with van der Waals surface area (Å²) < 4.78 is 17.2. The molecule has 0 radical (unpaired) electrons. The lowest BCUT2D eigenvalue weighted by atomic mass is 10.1. The maximum Gasteiger partial charge on any atom is 0.346 e. The number of carbonyl (C=O) groups excluding carboxylic acids is 1. The summed E-state index contributed by atoms with van der Waals surface area (Å²) in [5, 5.41) is 0. The summed E-state index contributed by atoms with van der Waals surface area (Å²) in [5.41, 5.74) is 9.65. The van der Waals surface area contributed by atoms with Crippen LogP contribution in [0.15, 0.2) is 72.8 Å². The summed E-state index contributed by atoms with van der Waals surface area (Å²) in [5.74, 6) is 0.545. The molecule has 0 aliphatic carbocycles. The third-order valence-electron chi connectivity index (χ3n) is 5.03. The Morgan fingerprint density at radius 1 is 0.967 bits per heavy atom. The Balaban J connectivity index is 1.47. The smallest absolute Gasteiger partial charge is 0.346 e. The molecule has 0 bridgehead atoms. The molecule has 3 aromatic rings. The van der Waals surface area contributed by atoms with E-state index in [1.807, 2.05) is 72.8 Å². The molecule has 0 spiro atoms. The van der Waals surface area contributed by atoms with E-state index in [2.05, 4.69) is 0 Å². The highest BCUT2D eigenvalue weighted by Crippen LogP contribution is 2.37. The number of esters is 1. The Kier molecular flexibility index (Phi) is 6.30. The topological polar surface area (TPSA) is 70.8 Å². The van der Waals surface area contributed by atoms with E-state index in [4.69, 9.17) is 19.9 Å². The van der Waals surface area contributed by atoms with Crippen molar-refractivity contribution in [2.24, 2.45) is 5.73 Å². The maximum atomic E-state index is 12.9. The molecule has 3 aromatic carbocycles. The second-order valence-corrected chi connectivity index (χ2v) is 7.35. The van der Waals surface area contributed by atoms with Gasteiger partial charge in [-0.05, 0) is 29.2 Å². The van der Waals surface area contributed by atoms with Gasteiger partial charge < -0.3 is 19.9 Å². The van der Waals surface area contributed by atoms with Gasteiger partial charge in [-0.15, -0.1) is 0 Å². The SMILES string of the molecule is N[C@@H](COc1ccc2c(c1C(=O)OCc1ccccc1)OCC2)Cc1ccccc1. The average molecular weight is 403 g/mol. The molecule has 30 heavy (non-hydrogen) atoms. The van der Waals surface area contributed by atoms with Gasteiger partial charge >= 0.3 is 5.97 Å². The zero-order valence-corrected chi connectivity index (χ0v) is 16.8. The molecule has 5 nitrogen and oxygen atoms in total. The number of carbonyl (C=O) groups is 1. The molecule has 0 aromatic heterocycles. The molecule has 4 rings (SSSR count). The van der Waals surface area contributed by atoms with E-state index in [1.165, 1.54) is 0 Å². The lowest BCUT2D eigenvalue weighted by Gasteiger charge is -2.17. The molecule has 0 unspecified atom stereocenters. The first-order valence-corrected chi connectivity index (χ1v) is 10.1. The third-order valence-corrected chi connectivity index (χ3v) is 5.03. The van der Waals surface area contributed by atoms with E-state index in [1.54, 1.807) is 0 Å². The minimum Gasteiger partial charge on any atom is -0.492 e. The zero-order chi connectivity index (χ0) is 20.8. The van der Waals surface area contributed by atoms with Crippen molar-refractivity contribution in [1.29, 1.82) is 0 Å². The van der Waals surface area contributed by atoms with Gasteiger partial charge in [-0.2, -0.15) is 0 Å². The van der Waals surface area contributed by atoms with Gasteiger partial charge in [0.15, 0.2) is 0 Å². The van der Waals surface area contributed by atoms with E-state index in [9.17, 15) is 4.79 Å². The number of hydrogen-bond acceptors (Lipinski definition) is 5. The summed E-state index contributed by atoms with van der Waals surface area (Å²) in [6, 6.07) is 23.2. The molecule has 1 atom stereocenters. The molecule has 0 fully saturated rings. The molecule has 0 saturated carbocycles. The zero-order valence-electron chi connectivity index (χ0n) is 16.8. The Morgan fingerprint density at radius 2 is 1.67 bits per heavy atom. The summed E-state index contributed by atoms with van der Waals surface area (Å²) in [6.45, 7) is 1.02. The van der Waals surface area contributed by atoms with Gasteiger partial charge in [0.2, 0.25) is 0 Å². The van der Waals surface area contributed by atoms with E-state index < -0.39 is 5.97 Å². The summed E-state index contributed by atoms with van der Waals surface area (Å²) >= 11 is 0. The van der Waals surface area contributed by atoms with Crippen LogP contribution in [0.25, 0.3) is 0 Å². The molecule has 1 aliphatic heterocycles. The molecular weight excluding hydrogens is 378 g/mol. The predicted octanol–water partition coefficient (Wildman–Crippen LogP) is 3.93. The molecule has 2 N–H and O–H groups in total. The standard InChI is InChI=1S/C25H25NO4/c26-21(15-18-7-3-1-4-8-18)17-29-22-12-11-20-13-14-28-24(20)23(22)25(27)30-16-19-9-5-2-6-10-19/h1-12,21H,13-17,26H2/t21-/m1/s1. The molecule has 1 heterocycles. The van der Waals surface area contributed by atoms with Crippen molar-refractivity contribution in [3.8, 4) is 11.5 Å². The highest BCUT2D eigenvalue weighted by atomic mass is 16.5. The highest BCUT2D eigenvalue weighted by Gasteiger charge is 2.27. The van der Waals surface area contributed by atoms with Crippen LogP contribution in [0.2, 0.25) is 0 Å². The van der Waals surface area contributed by atoms with Gasteiger partial charge in [0.05, 0.1) is 6.61 Å². The summed E-state index contributed by atoms with van der Waals surface area (Å²) in [6.07, 6.45) is 1.46. The normalized spacial score (nSPS) is 13.2. The first kappa shape index (κ1) is 20.0. The van der Waals surface area contributed by atoms with Crippen LogP contribution < -0.4 is 15.2 Å². The Bertz CT molecular complexity index is 989. The number of nitrogens with two attached hydrogens (primary N) is 1.